The molecule has 0 radical (unpaired) electrons. The van der Waals surface area contributed by atoms with Crippen molar-refractivity contribution in [1.29, 1.82) is 0 Å². The summed E-state index contributed by atoms with van der Waals surface area (Å²) in [5, 5.41) is 1.18. The Labute approximate surface area is 154 Å². The normalized spacial score (nSPS) is 15.8. The quantitative estimate of drug-likeness (QED) is 0.659. The van der Waals surface area contributed by atoms with E-state index < -0.39 is 0 Å². The van der Waals surface area contributed by atoms with E-state index in [2.05, 4.69) is 34.9 Å². The van der Waals surface area contributed by atoms with Crippen LogP contribution >= 0.6 is 11.3 Å². The molecule has 1 saturated heterocycles. The first-order valence-electron chi connectivity index (χ1n) is 9.61. The molecule has 0 saturated carbocycles. The Bertz CT molecular complexity index is 643. The van der Waals surface area contributed by atoms with Crippen LogP contribution in [-0.2, 0) is 11.3 Å². The van der Waals surface area contributed by atoms with Gasteiger partial charge < -0.3 is 4.90 Å². The van der Waals surface area contributed by atoms with Crippen LogP contribution in [0.1, 0.15) is 50.5 Å². The number of piperazine rings is 1. The third-order valence-corrected chi connectivity index (χ3v) is 5.94. The van der Waals surface area contributed by atoms with Crippen LogP contribution in [0.2, 0.25) is 0 Å². The molecule has 1 amide bonds. The van der Waals surface area contributed by atoms with Crippen LogP contribution in [0.4, 0.5) is 0 Å². The first-order chi connectivity index (χ1) is 12.3. The minimum atomic E-state index is 0.344. The summed E-state index contributed by atoms with van der Waals surface area (Å²) in [4.78, 5) is 21.5. The molecule has 0 N–H and O–H groups in total. The van der Waals surface area contributed by atoms with Gasteiger partial charge in [-0.05, 0) is 18.6 Å². The number of benzene rings is 1. The second-order valence-electron chi connectivity index (χ2n) is 6.90. The highest BCUT2D eigenvalue weighted by Crippen LogP contribution is 2.23. The largest absolute Gasteiger partial charge is 0.340 e. The van der Waals surface area contributed by atoms with Gasteiger partial charge in [-0.1, -0.05) is 44.7 Å². The zero-order valence-electron chi connectivity index (χ0n) is 15.2. The number of unbranched alkanes of at least 4 members (excludes halogenated alkanes) is 4. The van der Waals surface area contributed by atoms with E-state index in [1.165, 1.54) is 35.4 Å². The number of para-hydroxylation sites is 1. The van der Waals surface area contributed by atoms with Crippen molar-refractivity contribution in [3.8, 4) is 0 Å². The molecule has 1 aromatic carbocycles. The molecule has 0 atom stereocenters. The van der Waals surface area contributed by atoms with Crippen LogP contribution in [-0.4, -0.2) is 46.9 Å². The van der Waals surface area contributed by atoms with Crippen LogP contribution < -0.4 is 0 Å². The second-order valence-corrected chi connectivity index (χ2v) is 8.01. The smallest absolute Gasteiger partial charge is 0.222 e. The van der Waals surface area contributed by atoms with Gasteiger partial charge >= 0.3 is 0 Å². The van der Waals surface area contributed by atoms with E-state index >= 15 is 0 Å². The monoisotopic (exact) mass is 359 g/mol. The number of thiazole rings is 1. The van der Waals surface area contributed by atoms with E-state index in [1.54, 1.807) is 11.3 Å². The van der Waals surface area contributed by atoms with Gasteiger partial charge in [-0.2, -0.15) is 0 Å². The third-order valence-electron chi connectivity index (χ3n) is 4.92. The molecule has 1 aliphatic rings. The maximum atomic E-state index is 12.3. The molecule has 3 rings (SSSR count). The van der Waals surface area contributed by atoms with E-state index in [4.69, 9.17) is 4.98 Å². The maximum absolute atomic E-state index is 12.3. The number of hydrogen-bond acceptors (Lipinski definition) is 4. The topological polar surface area (TPSA) is 36.4 Å². The van der Waals surface area contributed by atoms with E-state index in [0.29, 0.717) is 5.91 Å². The van der Waals surface area contributed by atoms with Crippen LogP contribution in [0.15, 0.2) is 24.3 Å². The molecule has 2 aromatic rings. The molecular formula is C20H29N3OS. The number of amides is 1. The third kappa shape index (κ3) is 5.25. The predicted octanol–water partition coefficient (Wildman–Crippen LogP) is 4.30. The molecule has 136 valence electrons. The van der Waals surface area contributed by atoms with Crippen LogP contribution in [0.3, 0.4) is 0 Å². The molecule has 1 aromatic heterocycles. The van der Waals surface area contributed by atoms with E-state index in [-0.39, 0.29) is 0 Å². The van der Waals surface area contributed by atoms with Gasteiger partial charge in [0, 0.05) is 32.6 Å². The summed E-state index contributed by atoms with van der Waals surface area (Å²) < 4.78 is 1.26. The number of nitrogens with zero attached hydrogens (tertiary/aromatic N) is 3. The van der Waals surface area contributed by atoms with Crippen molar-refractivity contribution in [2.24, 2.45) is 0 Å². The Hall–Kier alpha value is -1.46. The molecule has 0 aliphatic carbocycles. The number of carbonyl (C=O) groups is 1. The first-order valence-corrected chi connectivity index (χ1v) is 10.4. The van der Waals surface area contributed by atoms with Crippen LogP contribution in [0, 0.1) is 0 Å². The maximum Gasteiger partial charge on any atom is 0.222 e. The lowest BCUT2D eigenvalue weighted by Crippen LogP contribution is -2.48. The molecule has 0 bridgehead atoms. The van der Waals surface area contributed by atoms with Gasteiger partial charge in [0.05, 0.1) is 16.8 Å². The fourth-order valence-corrected chi connectivity index (χ4v) is 4.38. The summed E-state index contributed by atoms with van der Waals surface area (Å²) in [7, 11) is 0. The number of carbonyl (C=O) groups excluding carboxylic acids is 1. The fourth-order valence-electron chi connectivity index (χ4n) is 3.37. The summed E-state index contributed by atoms with van der Waals surface area (Å²) in [6.07, 6.45) is 6.77. The van der Waals surface area contributed by atoms with E-state index in [1.807, 2.05) is 6.07 Å². The van der Waals surface area contributed by atoms with Crippen molar-refractivity contribution in [2.75, 3.05) is 26.2 Å². The minimum absolute atomic E-state index is 0.344. The lowest BCUT2D eigenvalue weighted by atomic mass is 10.1. The second kappa shape index (κ2) is 9.30. The van der Waals surface area contributed by atoms with Crippen molar-refractivity contribution in [1.82, 2.24) is 14.8 Å². The SMILES string of the molecule is CCCCCCCC(=O)N1CCN(Cc2nc3ccccc3s2)CC1. The molecule has 25 heavy (non-hydrogen) atoms. The summed E-state index contributed by atoms with van der Waals surface area (Å²) in [6.45, 7) is 6.75. The number of hydrogen-bond donors (Lipinski definition) is 0. The molecule has 4 nitrogen and oxygen atoms in total. The number of aromatic nitrogens is 1. The summed E-state index contributed by atoms with van der Waals surface area (Å²) >= 11 is 1.78. The van der Waals surface area contributed by atoms with Crippen molar-refractivity contribution in [3.05, 3.63) is 29.3 Å². The van der Waals surface area contributed by atoms with Crippen molar-refractivity contribution in [2.45, 2.75) is 52.0 Å². The van der Waals surface area contributed by atoms with Gasteiger partial charge in [-0.3, -0.25) is 9.69 Å². The minimum Gasteiger partial charge on any atom is -0.340 e. The molecule has 1 aliphatic heterocycles. The lowest BCUT2D eigenvalue weighted by molar-refractivity contribution is -0.133. The number of rotatable bonds is 8. The van der Waals surface area contributed by atoms with E-state index in [0.717, 1.165) is 51.1 Å². The molecule has 1 fully saturated rings. The Morgan fingerprint density at radius 1 is 1.08 bits per heavy atom. The molecule has 2 heterocycles. The number of fused-ring (bicyclic) bond motifs is 1. The standard InChI is InChI=1S/C20H29N3OS/c1-2-3-4-5-6-11-20(24)23-14-12-22(13-15-23)16-19-21-17-9-7-8-10-18(17)25-19/h7-10H,2-6,11-16H2,1H3. The van der Waals surface area contributed by atoms with Gasteiger partial charge in [0.15, 0.2) is 0 Å². The Balaban J connectivity index is 1.40. The van der Waals surface area contributed by atoms with Gasteiger partial charge in [-0.25, -0.2) is 4.98 Å². The highest BCUT2D eigenvalue weighted by Gasteiger charge is 2.21. The van der Waals surface area contributed by atoms with Gasteiger partial charge in [0.2, 0.25) is 5.91 Å². The molecule has 0 unspecified atom stereocenters. The molecular weight excluding hydrogens is 330 g/mol. The zero-order chi connectivity index (χ0) is 17.5. The summed E-state index contributed by atoms with van der Waals surface area (Å²) in [6, 6.07) is 8.31. The van der Waals surface area contributed by atoms with E-state index in [9.17, 15) is 4.79 Å². The van der Waals surface area contributed by atoms with Crippen molar-refractivity contribution >= 4 is 27.5 Å². The average molecular weight is 360 g/mol. The van der Waals surface area contributed by atoms with Gasteiger partial charge in [0.25, 0.3) is 0 Å². The van der Waals surface area contributed by atoms with Gasteiger partial charge in [0.1, 0.15) is 5.01 Å². The Kier molecular flexibility index (Phi) is 6.82. The first kappa shape index (κ1) is 18.3. The predicted molar refractivity (Wildman–Crippen MR) is 105 cm³/mol. The highest BCUT2D eigenvalue weighted by molar-refractivity contribution is 7.18. The average Bonchev–Trinajstić information content (AvgIpc) is 3.04. The molecule has 0 spiro atoms. The van der Waals surface area contributed by atoms with Crippen LogP contribution in [0.25, 0.3) is 10.2 Å². The van der Waals surface area contributed by atoms with Crippen molar-refractivity contribution < 1.29 is 4.79 Å². The molecule has 5 heteroatoms. The summed E-state index contributed by atoms with van der Waals surface area (Å²) in [5.74, 6) is 0.344. The van der Waals surface area contributed by atoms with Crippen molar-refractivity contribution in [3.63, 3.8) is 0 Å². The zero-order valence-corrected chi connectivity index (χ0v) is 16.1. The lowest BCUT2D eigenvalue weighted by Gasteiger charge is -2.34. The Morgan fingerprint density at radius 3 is 2.60 bits per heavy atom. The van der Waals surface area contributed by atoms with Gasteiger partial charge in [-0.15, -0.1) is 11.3 Å². The Morgan fingerprint density at radius 2 is 1.84 bits per heavy atom. The summed E-state index contributed by atoms with van der Waals surface area (Å²) in [5.41, 5.74) is 1.10. The van der Waals surface area contributed by atoms with Crippen LogP contribution in [0.5, 0.6) is 0 Å². The highest BCUT2D eigenvalue weighted by atomic mass is 32.1. The fraction of sp³-hybridized carbons (Fsp3) is 0.600.